The van der Waals surface area contributed by atoms with Crippen molar-refractivity contribution in [3.8, 4) is 0 Å². The van der Waals surface area contributed by atoms with E-state index in [2.05, 4.69) is 0 Å². The van der Waals surface area contributed by atoms with Crippen molar-refractivity contribution < 1.29 is 14.7 Å². The van der Waals surface area contributed by atoms with Gasteiger partial charge < -0.3 is 14.6 Å². The standard InChI is InChI=1S/C17H18N2O4/c1-18-13-7-3-2-6-11(13)12(10-15(18)20)16(21)19-9-5-4-8-14(19)17(22)23/h2-3,6-7,10,14H,4-5,8-9H2,1H3,(H,22,23). The number of nitrogens with zero attached hydrogens (tertiary/aromatic N) is 2. The number of aryl methyl sites for hydroxylation is 1. The molecule has 1 atom stereocenters. The Kier molecular flexibility index (Phi) is 3.90. The smallest absolute Gasteiger partial charge is 0.326 e. The van der Waals surface area contributed by atoms with Crippen LogP contribution < -0.4 is 5.56 Å². The van der Waals surface area contributed by atoms with Gasteiger partial charge in [0.1, 0.15) is 6.04 Å². The fourth-order valence-corrected chi connectivity index (χ4v) is 3.17. The molecule has 1 amide bonds. The molecule has 3 rings (SSSR count). The normalized spacial score (nSPS) is 18.1. The number of likely N-dealkylation sites (tertiary alicyclic amines) is 1. The quantitative estimate of drug-likeness (QED) is 0.913. The second-order valence-electron chi connectivity index (χ2n) is 5.82. The number of aromatic nitrogens is 1. The molecule has 6 heteroatoms. The van der Waals surface area contributed by atoms with Crippen molar-refractivity contribution in [1.29, 1.82) is 0 Å². The van der Waals surface area contributed by atoms with Crippen LogP contribution in [0.3, 0.4) is 0 Å². The Morgan fingerprint density at radius 3 is 2.70 bits per heavy atom. The van der Waals surface area contributed by atoms with Gasteiger partial charge in [-0.25, -0.2) is 4.79 Å². The lowest BCUT2D eigenvalue weighted by Crippen LogP contribution is -2.48. The van der Waals surface area contributed by atoms with Crippen LogP contribution in [0, 0.1) is 0 Å². The van der Waals surface area contributed by atoms with Gasteiger partial charge in [0, 0.05) is 25.0 Å². The van der Waals surface area contributed by atoms with Crippen LogP contribution in [-0.4, -0.2) is 39.0 Å². The topological polar surface area (TPSA) is 79.6 Å². The van der Waals surface area contributed by atoms with Gasteiger partial charge in [0.05, 0.1) is 11.1 Å². The predicted octanol–water partition coefficient (Wildman–Crippen LogP) is 1.62. The number of carboxylic acid groups (broad SMARTS) is 1. The minimum atomic E-state index is -0.994. The van der Waals surface area contributed by atoms with Crippen molar-refractivity contribution in [2.24, 2.45) is 7.05 Å². The minimum Gasteiger partial charge on any atom is -0.480 e. The maximum Gasteiger partial charge on any atom is 0.326 e. The van der Waals surface area contributed by atoms with E-state index in [0.29, 0.717) is 23.9 Å². The van der Waals surface area contributed by atoms with E-state index in [1.54, 1.807) is 31.3 Å². The number of pyridine rings is 1. The summed E-state index contributed by atoms with van der Waals surface area (Å²) in [4.78, 5) is 37.8. The number of rotatable bonds is 2. The first-order valence-corrected chi connectivity index (χ1v) is 7.63. The number of carbonyl (C=O) groups is 2. The highest BCUT2D eigenvalue weighted by molar-refractivity contribution is 6.07. The van der Waals surface area contributed by atoms with Crippen molar-refractivity contribution in [2.75, 3.05) is 6.54 Å². The summed E-state index contributed by atoms with van der Waals surface area (Å²) in [6.45, 7) is 0.402. The molecule has 1 aliphatic rings. The summed E-state index contributed by atoms with van der Waals surface area (Å²) in [5.74, 6) is -1.38. The lowest BCUT2D eigenvalue weighted by molar-refractivity contribution is -0.143. The Labute approximate surface area is 132 Å². The van der Waals surface area contributed by atoms with E-state index in [-0.39, 0.29) is 17.0 Å². The summed E-state index contributed by atoms with van der Waals surface area (Å²) in [6.07, 6.45) is 2.01. The summed E-state index contributed by atoms with van der Waals surface area (Å²) < 4.78 is 1.48. The molecular weight excluding hydrogens is 296 g/mol. The van der Waals surface area contributed by atoms with E-state index in [1.165, 1.54) is 15.5 Å². The molecule has 120 valence electrons. The Morgan fingerprint density at radius 1 is 1.22 bits per heavy atom. The van der Waals surface area contributed by atoms with Crippen LogP contribution in [0.4, 0.5) is 0 Å². The lowest BCUT2D eigenvalue weighted by atomic mass is 9.99. The molecule has 1 fully saturated rings. The van der Waals surface area contributed by atoms with Gasteiger partial charge in [-0.05, 0) is 25.3 Å². The Balaban J connectivity index is 2.12. The first-order valence-electron chi connectivity index (χ1n) is 7.63. The lowest BCUT2D eigenvalue weighted by Gasteiger charge is -2.33. The number of amides is 1. The van der Waals surface area contributed by atoms with Gasteiger partial charge in [-0.3, -0.25) is 9.59 Å². The maximum absolute atomic E-state index is 12.9. The summed E-state index contributed by atoms with van der Waals surface area (Å²) in [6, 6.07) is 7.64. The monoisotopic (exact) mass is 314 g/mol. The molecule has 0 saturated carbocycles. The number of fused-ring (bicyclic) bond motifs is 1. The average Bonchev–Trinajstić information content (AvgIpc) is 2.57. The van der Waals surface area contributed by atoms with Gasteiger partial charge in [0.25, 0.3) is 11.5 Å². The third-order valence-corrected chi connectivity index (χ3v) is 4.43. The first-order chi connectivity index (χ1) is 11.0. The van der Waals surface area contributed by atoms with Crippen molar-refractivity contribution in [3.63, 3.8) is 0 Å². The minimum absolute atomic E-state index is 0.275. The van der Waals surface area contributed by atoms with Crippen molar-refractivity contribution in [1.82, 2.24) is 9.47 Å². The van der Waals surface area contributed by atoms with Crippen LogP contribution >= 0.6 is 0 Å². The number of piperidine rings is 1. The first kappa shape index (κ1) is 15.3. The number of carboxylic acids is 1. The Hall–Kier alpha value is -2.63. The highest BCUT2D eigenvalue weighted by Gasteiger charge is 2.33. The van der Waals surface area contributed by atoms with Gasteiger partial charge in [-0.1, -0.05) is 18.2 Å². The molecule has 23 heavy (non-hydrogen) atoms. The molecule has 6 nitrogen and oxygen atoms in total. The number of para-hydroxylation sites is 1. The maximum atomic E-state index is 12.9. The molecule has 2 heterocycles. The molecule has 1 saturated heterocycles. The van der Waals surface area contributed by atoms with Crippen molar-refractivity contribution >= 4 is 22.8 Å². The molecule has 1 N–H and O–H groups in total. The van der Waals surface area contributed by atoms with Crippen molar-refractivity contribution in [2.45, 2.75) is 25.3 Å². The second-order valence-corrected chi connectivity index (χ2v) is 5.82. The molecule has 0 radical (unpaired) electrons. The number of carbonyl (C=O) groups excluding carboxylic acids is 1. The van der Waals surface area contributed by atoms with Crippen LogP contribution in [-0.2, 0) is 11.8 Å². The van der Waals surface area contributed by atoms with Crippen LogP contribution in [0.25, 0.3) is 10.9 Å². The largest absolute Gasteiger partial charge is 0.480 e. The Bertz CT molecular complexity index is 840. The summed E-state index contributed by atoms with van der Waals surface area (Å²) in [7, 11) is 1.65. The number of benzene rings is 1. The SMILES string of the molecule is Cn1c(=O)cc(C(=O)N2CCCCC2C(=O)O)c2ccccc21. The Morgan fingerprint density at radius 2 is 1.96 bits per heavy atom. The molecule has 2 aromatic rings. The van der Waals surface area contributed by atoms with E-state index >= 15 is 0 Å². The van der Waals surface area contributed by atoms with Crippen LogP contribution in [0.1, 0.15) is 29.6 Å². The highest BCUT2D eigenvalue weighted by atomic mass is 16.4. The van der Waals surface area contributed by atoms with Crippen molar-refractivity contribution in [3.05, 3.63) is 46.2 Å². The molecule has 1 aliphatic heterocycles. The summed E-state index contributed by atoms with van der Waals surface area (Å²) >= 11 is 0. The third kappa shape index (κ3) is 2.60. The molecule has 0 aliphatic carbocycles. The molecular formula is C17H18N2O4. The van der Waals surface area contributed by atoms with E-state index < -0.39 is 12.0 Å². The zero-order chi connectivity index (χ0) is 16.6. The zero-order valence-electron chi connectivity index (χ0n) is 12.9. The van der Waals surface area contributed by atoms with Gasteiger partial charge in [-0.2, -0.15) is 0 Å². The number of hydrogen-bond acceptors (Lipinski definition) is 3. The zero-order valence-corrected chi connectivity index (χ0v) is 12.9. The molecule has 1 aromatic carbocycles. The molecule has 0 bridgehead atoms. The third-order valence-electron chi connectivity index (χ3n) is 4.43. The van der Waals surface area contributed by atoms with Gasteiger partial charge in [0.15, 0.2) is 0 Å². The van der Waals surface area contributed by atoms with E-state index in [0.717, 1.165) is 12.8 Å². The molecule has 1 aromatic heterocycles. The summed E-state index contributed by atoms with van der Waals surface area (Å²) in [5.41, 5.74) is 0.653. The van der Waals surface area contributed by atoms with E-state index in [1.807, 2.05) is 0 Å². The van der Waals surface area contributed by atoms with Gasteiger partial charge >= 0.3 is 5.97 Å². The molecule has 1 unspecified atom stereocenters. The average molecular weight is 314 g/mol. The van der Waals surface area contributed by atoms with E-state index in [9.17, 15) is 19.5 Å². The fourth-order valence-electron chi connectivity index (χ4n) is 3.17. The summed E-state index contributed by atoms with van der Waals surface area (Å²) in [5, 5.41) is 10.0. The van der Waals surface area contributed by atoms with E-state index in [4.69, 9.17) is 0 Å². The number of hydrogen-bond donors (Lipinski definition) is 1. The van der Waals surface area contributed by atoms with Gasteiger partial charge in [0.2, 0.25) is 0 Å². The second kappa shape index (κ2) is 5.87. The predicted molar refractivity (Wildman–Crippen MR) is 85.5 cm³/mol. The van der Waals surface area contributed by atoms with Crippen LogP contribution in [0.15, 0.2) is 35.1 Å². The van der Waals surface area contributed by atoms with Crippen LogP contribution in [0.2, 0.25) is 0 Å². The highest BCUT2D eigenvalue weighted by Crippen LogP contribution is 2.23. The van der Waals surface area contributed by atoms with Gasteiger partial charge in [-0.15, -0.1) is 0 Å². The number of aliphatic carboxylic acids is 1. The molecule has 0 spiro atoms. The fraction of sp³-hybridized carbons (Fsp3) is 0.353. The van der Waals surface area contributed by atoms with Crippen LogP contribution in [0.5, 0.6) is 0 Å².